The molecule has 184 valence electrons. The molecule has 0 spiro atoms. The second kappa shape index (κ2) is 11.0. The van der Waals surface area contributed by atoms with Gasteiger partial charge in [-0.15, -0.1) is 0 Å². The third kappa shape index (κ3) is 5.96. The summed E-state index contributed by atoms with van der Waals surface area (Å²) >= 11 is 6.23. The Balaban J connectivity index is 1.57. The van der Waals surface area contributed by atoms with Crippen LogP contribution >= 0.6 is 11.6 Å². The summed E-state index contributed by atoms with van der Waals surface area (Å²) in [4.78, 5) is 12.8. The van der Waals surface area contributed by atoms with Gasteiger partial charge in [-0.05, 0) is 66.9 Å². The summed E-state index contributed by atoms with van der Waals surface area (Å²) in [6.45, 7) is 4.38. The molecule has 4 rings (SSSR count). The standard InChI is InChI=1S/C29H27ClN2O3S/c1-21-7-6-8-24(17-21)19-31-29(33)25-14-12-23(13-15-25)20-32(28-18-26(30)16-11-22(28)2)36(34,35)27-9-4-3-5-10-27/h3-18H,19-20H2,1-2H3,(H,31,33). The zero-order valence-corrected chi connectivity index (χ0v) is 21.7. The minimum absolute atomic E-state index is 0.0869. The van der Waals surface area contributed by atoms with Gasteiger partial charge in [-0.1, -0.05) is 77.8 Å². The number of hydrogen-bond donors (Lipinski definition) is 1. The van der Waals surface area contributed by atoms with E-state index in [1.165, 1.54) is 4.31 Å². The van der Waals surface area contributed by atoms with Gasteiger partial charge < -0.3 is 5.32 Å². The van der Waals surface area contributed by atoms with E-state index in [0.29, 0.717) is 22.8 Å². The first-order chi connectivity index (χ1) is 17.2. The van der Waals surface area contributed by atoms with Crippen LogP contribution in [0.1, 0.15) is 32.6 Å². The van der Waals surface area contributed by atoms with Gasteiger partial charge in [-0.25, -0.2) is 8.42 Å². The van der Waals surface area contributed by atoms with Gasteiger partial charge in [-0.3, -0.25) is 9.10 Å². The first-order valence-corrected chi connectivity index (χ1v) is 13.3. The Labute approximate surface area is 217 Å². The monoisotopic (exact) mass is 518 g/mol. The van der Waals surface area contributed by atoms with Gasteiger partial charge >= 0.3 is 0 Å². The predicted octanol–water partition coefficient (Wildman–Crippen LogP) is 6.28. The van der Waals surface area contributed by atoms with E-state index in [4.69, 9.17) is 11.6 Å². The maximum Gasteiger partial charge on any atom is 0.264 e. The Kier molecular flexibility index (Phi) is 7.77. The third-order valence-corrected chi connectivity index (χ3v) is 7.86. The van der Waals surface area contributed by atoms with Crippen molar-refractivity contribution >= 4 is 33.2 Å². The summed E-state index contributed by atoms with van der Waals surface area (Å²) in [7, 11) is -3.87. The fourth-order valence-electron chi connectivity index (χ4n) is 3.90. The summed E-state index contributed by atoms with van der Waals surface area (Å²) in [5, 5.41) is 3.38. The van der Waals surface area contributed by atoms with Crippen molar-refractivity contribution in [3.63, 3.8) is 0 Å². The first kappa shape index (κ1) is 25.5. The summed E-state index contributed by atoms with van der Waals surface area (Å²) in [5.74, 6) is -0.192. The number of nitrogens with zero attached hydrogens (tertiary/aromatic N) is 1. The molecular weight excluding hydrogens is 492 g/mol. The molecular formula is C29H27ClN2O3S. The number of amides is 1. The van der Waals surface area contributed by atoms with Crippen molar-refractivity contribution in [1.82, 2.24) is 5.32 Å². The number of hydrogen-bond acceptors (Lipinski definition) is 3. The molecule has 1 N–H and O–H groups in total. The van der Waals surface area contributed by atoms with E-state index in [9.17, 15) is 13.2 Å². The van der Waals surface area contributed by atoms with Crippen LogP contribution in [0, 0.1) is 13.8 Å². The SMILES string of the molecule is Cc1cccc(CNC(=O)c2ccc(CN(c3cc(Cl)ccc3C)S(=O)(=O)c3ccccc3)cc2)c1. The van der Waals surface area contributed by atoms with Crippen molar-refractivity contribution in [2.45, 2.75) is 31.8 Å². The molecule has 0 fully saturated rings. The number of halogens is 1. The molecule has 5 nitrogen and oxygen atoms in total. The molecule has 0 bridgehead atoms. The summed E-state index contributed by atoms with van der Waals surface area (Å²) < 4.78 is 28.6. The Morgan fingerprint density at radius 1 is 0.833 bits per heavy atom. The lowest BCUT2D eigenvalue weighted by molar-refractivity contribution is 0.0951. The van der Waals surface area contributed by atoms with Crippen molar-refractivity contribution in [1.29, 1.82) is 0 Å². The van der Waals surface area contributed by atoms with Crippen LogP contribution in [-0.4, -0.2) is 14.3 Å². The van der Waals surface area contributed by atoms with Crippen LogP contribution in [0.15, 0.2) is 102 Å². The molecule has 4 aromatic carbocycles. The predicted molar refractivity (Wildman–Crippen MR) is 145 cm³/mol. The molecule has 0 aliphatic heterocycles. The molecule has 4 aromatic rings. The highest BCUT2D eigenvalue weighted by atomic mass is 35.5. The molecule has 0 unspecified atom stereocenters. The maximum absolute atomic E-state index is 13.6. The average Bonchev–Trinajstić information content (AvgIpc) is 2.88. The van der Waals surface area contributed by atoms with Crippen LogP contribution in [-0.2, 0) is 23.1 Å². The fraction of sp³-hybridized carbons (Fsp3) is 0.138. The zero-order chi connectivity index (χ0) is 25.7. The highest BCUT2D eigenvalue weighted by molar-refractivity contribution is 7.92. The maximum atomic E-state index is 13.6. The van der Waals surface area contributed by atoms with E-state index in [-0.39, 0.29) is 17.3 Å². The van der Waals surface area contributed by atoms with E-state index in [1.54, 1.807) is 72.8 Å². The lowest BCUT2D eigenvalue weighted by Gasteiger charge is -2.26. The van der Waals surface area contributed by atoms with Crippen molar-refractivity contribution < 1.29 is 13.2 Å². The minimum Gasteiger partial charge on any atom is -0.348 e. The van der Waals surface area contributed by atoms with Gasteiger partial charge in [0.05, 0.1) is 17.1 Å². The zero-order valence-electron chi connectivity index (χ0n) is 20.1. The highest BCUT2D eigenvalue weighted by Gasteiger charge is 2.26. The number of nitrogens with one attached hydrogen (secondary N) is 1. The van der Waals surface area contributed by atoms with E-state index in [1.807, 2.05) is 38.1 Å². The molecule has 0 aliphatic carbocycles. The van der Waals surface area contributed by atoms with Gasteiger partial charge in [0.1, 0.15) is 0 Å². The van der Waals surface area contributed by atoms with E-state index in [0.717, 1.165) is 22.3 Å². The van der Waals surface area contributed by atoms with Crippen LogP contribution in [0.2, 0.25) is 5.02 Å². The summed E-state index contributed by atoms with van der Waals surface area (Å²) in [6, 6.07) is 28.4. The summed E-state index contributed by atoms with van der Waals surface area (Å²) in [6.07, 6.45) is 0. The Bertz CT molecular complexity index is 1470. The normalized spacial score (nSPS) is 11.2. The Hall–Kier alpha value is -3.61. The van der Waals surface area contributed by atoms with E-state index >= 15 is 0 Å². The molecule has 0 saturated carbocycles. The molecule has 0 heterocycles. The van der Waals surface area contributed by atoms with Gasteiger partial charge in [0, 0.05) is 17.1 Å². The number of sulfonamides is 1. The quantitative estimate of drug-likeness (QED) is 0.298. The van der Waals surface area contributed by atoms with Gasteiger partial charge in [0.2, 0.25) is 0 Å². The lowest BCUT2D eigenvalue weighted by Crippen LogP contribution is -2.31. The lowest BCUT2D eigenvalue weighted by atomic mass is 10.1. The fourth-order valence-corrected chi connectivity index (χ4v) is 5.60. The van der Waals surface area contributed by atoms with Crippen LogP contribution in [0.3, 0.4) is 0 Å². The second-order valence-corrected chi connectivity index (χ2v) is 10.9. The molecule has 36 heavy (non-hydrogen) atoms. The van der Waals surface area contributed by atoms with Gasteiger partial charge in [0.15, 0.2) is 0 Å². The van der Waals surface area contributed by atoms with Crippen molar-refractivity contribution in [2.75, 3.05) is 4.31 Å². The molecule has 0 atom stereocenters. The largest absolute Gasteiger partial charge is 0.348 e. The van der Waals surface area contributed by atoms with E-state index in [2.05, 4.69) is 5.32 Å². The number of aryl methyl sites for hydroxylation is 2. The number of rotatable bonds is 8. The molecule has 1 amide bonds. The molecule has 7 heteroatoms. The van der Waals surface area contributed by atoms with Crippen LogP contribution in [0.5, 0.6) is 0 Å². The summed E-state index contributed by atoms with van der Waals surface area (Å²) in [5.41, 5.74) is 4.69. The molecule has 0 aromatic heterocycles. The number of carbonyl (C=O) groups is 1. The van der Waals surface area contributed by atoms with Crippen molar-refractivity contribution in [3.05, 3.63) is 130 Å². The number of anilines is 1. The van der Waals surface area contributed by atoms with Crippen LogP contribution in [0.4, 0.5) is 5.69 Å². The van der Waals surface area contributed by atoms with Crippen LogP contribution in [0.25, 0.3) is 0 Å². The van der Waals surface area contributed by atoms with E-state index < -0.39 is 10.0 Å². The van der Waals surface area contributed by atoms with Crippen molar-refractivity contribution in [2.24, 2.45) is 0 Å². The smallest absolute Gasteiger partial charge is 0.264 e. The number of carbonyl (C=O) groups excluding carboxylic acids is 1. The Morgan fingerprint density at radius 3 is 2.25 bits per heavy atom. The minimum atomic E-state index is -3.87. The topological polar surface area (TPSA) is 66.5 Å². The van der Waals surface area contributed by atoms with Gasteiger partial charge in [-0.2, -0.15) is 0 Å². The third-order valence-electron chi connectivity index (χ3n) is 5.85. The average molecular weight is 519 g/mol. The molecule has 0 aliphatic rings. The Morgan fingerprint density at radius 2 is 1.56 bits per heavy atom. The van der Waals surface area contributed by atoms with Crippen LogP contribution < -0.4 is 9.62 Å². The molecule has 0 saturated heterocycles. The highest BCUT2D eigenvalue weighted by Crippen LogP contribution is 2.31. The van der Waals surface area contributed by atoms with Gasteiger partial charge in [0.25, 0.3) is 15.9 Å². The number of benzene rings is 4. The first-order valence-electron chi connectivity index (χ1n) is 11.5. The second-order valence-electron chi connectivity index (χ2n) is 8.62. The molecule has 0 radical (unpaired) electrons. The van der Waals surface area contributed by atoms with Crippen molar-refractivity contribution in [3.8, 4) is 0 Å².